The average molecular weight is 229 g/mol. The van der Waals surface area contributed by atoms with Crippen molar-refractivity contribution in [1.29, 1.82) is 0 Å². The summed E-state index contributed by atoms with van der Waals surface area (Å²) in [6.45, 7) is 0. The number of nitrogens with one attached hydrogen (secondary N) is 2. The summed E-state index contributed by atoms with van der Waals surface area (Å²) in [7, 11) is 0. The Kier molecular flexibility index (Phi) is 2.18. The number of fused-ring (bicyclic) bond motifs is 1. The fraction of sp³-hybridized carbons (Fsp3) is 0.250. The van der Waals surface area contributed by atoms with Gasteiger partial charge >= 0.3 is 0 Å². The van der Waals surface area contributed by atoms with Crippen molar-refractivity contribution in [3.8, 4) is 0 Å². The molecule has 1 heterocycles. The van der Waals surface area contributed by atoms with Gasteiger partial charge in [-0.25, -0.2) is 4.98 Å². The molecule has 0 radical (unpaired) electrons. The minimum Gasteiger partial charge on any atom is -0.349 e. The smallest absolute Gasteiger partial charge is 0.266 e. The molecule has 0 atom stereocenters. The molecule has 5 heteroatoms. The van der Waals surface area contributed by atoms with Crippen molar-refractivity contribution >= 4 is 16.9 Å². The number of hydrogen-bond acceptors (Lipinski definition) is 3. The standard InChI is InChI=1S/C12H11N3O2/c16-11-6-13-10-5-7(1-4-9(10)15-11)12(17)14-8-2-3-8/h1,4-6,8H,2-3H2,(H,14,17)(H,15,16). The Bertz CT molecular complexity index is 643. The zero-order chi connectivity index (χ0) is 11.8. The predicted octanol–water partition coefficient (Wildman–Crippen LogP) is 0.815. The van der Waals surface area contributed by atoms with Crippen molar-refractivity contribution in [3.05, 3.63) is 40.3 Å². The molecular weight excluding hydrogens is 218 g/mol. The summed E-state index contributed by atoms with van der Waals surface area (Å²) in [5.41, 5.74) is 1.59. The van der Waals surface area contributed by atoms with Gasteiger partial charge in [-0.2, -0.15) is 0 Å². The van der Waals surface area contributed by atoms with Gasteiger partial charge in [0, 0.05) is 11.6 Å². The second-order valence-corrected chi connectivity index (χ2v) is 4.23. The quantitative estimate of drug-likeness (QED) is 0.800. The van der Waals surface area contributed by atoms with Crippen LogP contribution in [0.15, 0.2) is 29.2 Å². The molecular formula is C12H11N3O2. The van der Waals surface area contributed by atoms with Crippen molar-refractivity contribution in [1.82, 2.24) is 15.3 Å². The maximum Gasteiger partial charge on any atom is 0.266 e. The van der Waals surface area contributed by atoms with E-state index < -0.39 is 0 Å². The van der Waals surface area contributed by atoms with Gasteiger partial charge in [-0.3, -0.25) is 9.59 Å². The summed E-state index contributed by atoms with van der Waals surface area (Å²) in [5.74, 6) is -0.0811. The molecule has 17 heavy (non-hydrogen) atoms. The lowest BCUT2D eigenvalue weighted by molar-refractivity contribution is 0.0951. The van der Waals surface area contributed by atoms with E-state index in [1.165, 1.54) is 6.20 Å². The first-order valence-corrected chi connectivity index (χ1v) is 5.52. The third-order valence-electron chi connectivity index (χ3n) is 2.75. The lowest BCUT2D eigenvalue weighted by Crippen LogP contribution is -2.25. The number of benzene rings is 1. The highest BCUT2D eigenvalue weighted by atomic mass is 16.1. The first kappa shape index (κ1) is 10.0. The number of H-pyrrole nitrogens is 1. The normalized spacial score (nSPS) is 14.8. The van der Waals surface area contributed by atoms with Gasteiger partial charge in [0.2, 0.25) is 0 Å². The summed E-state index contributed by atoms with van der Waals surface area (Å²) in [4.78, 5) is 29.5. The summed E-state index contributed by atoms with van der Waals surface area (Å²) in [6.07, 6.45) is 3.33. The van der Waals surface area contributed by atoms with E-state index in [0.29, 0.717) is 22.6 Å². The Morgan fingerprint density at radius 3 is 3.00 bits per heavy atom. The van der Waals surface area contributed by atoms with Crippen LogP contribution in [0.5, 0.6) is 0 Å². The van der Waals surface area contributed by atoms with Crippen molar-refractivity contribution in [2.75, 3.05) is 0 Å². The summed E-state index contributed by atoms with van der Waals surface area (Å²) in [5, 5.41) is 2.91. The number of amides is 1. The van der Waals surface area contributed by atoms with Crippen molar-refractivity contribution in [2.24, 2.45) is 0 Å². The molecule has 1 aromatic carbocycles. The first-order chi connectivity index (χ1) is 8.22. The first-order valence-electron chi connectivity index (χ1n) is 5.52. The molecule has 0 unspecified atom stereocenters. The second-order valence-electron chi connectivity index (χ2n) is 4.23. The van der Waals surface area contributed by atoms with Gasteiger partial charge in [-0.15, -0.1) is 0 Å². The van der Waals surface area contributed by atoms with Crippen LogP contribution in [0.25, 0.3) is 11.0 Å². The number of carbonyl (C=O) groups excluding carboxylic acids is 1. The summed E-state index contributed by atoms with van der Waals surface area (Å²) >= 11 is 0. The van der Waals surface area contributed by atoms with Crippen LogP contribution in [-0.2, 0) is 0 Å². The van der Waals surface area contributed by atoms with Crippen LogP contribution in [0, 0.1) is 0 Å². The molecule has 0 saturated heterocycles. The maximum atomic E-state index is 11.8. The topological polar surface area (TPSA) is 74.8 Å². The fourth-order valence-electron chi connectivity index (χ4n) is 1.67. The van der Waals surface area contributed by atoms with E-state index >= 15 is 0 Å². The van der Waals surface area contributed by atoms with Crippen LogP contribution in [0.4, 0.5) is 0 Å². The van der Waals surface area contributed by atoms with Crippen LogP contribution in [-0.4, -0.2) is 21.9 Å². The van der Waals surface area contributed by atoms with E-state index in [4.69, 9.17) is 0 Å². The Balaban J connectivity index is 1.97. The molecule has 0 spiro atoms. The Morgan fingerprint density at radius 2 is 2.24 bits per heavy atom. The number of carbonyl (C=O) groups is 1. The lowest BCUT2D eigenvalue weighted by atomic mass is 10.2. The highest BCUT2D eigenvalue weighted by Gasteiger charge is 2.23. The monoisotopic (exact) mass is 229 g/mol. The number of aromatic amines is 1. The van der Waals surface area contributed by atoms with Crippen molar-refractivity contribution < 1.29 is 4.79 Å². The van der Waals surface area contributed by atoms with E-state index in [2.05, 4.69) is 15.3 Å². The van der Waals surface area contributed by atoms with Crippen LogP contribution in [0.1, 0.15) is 23.2 Å². The molecule has 1 aliphatic carbocycles. The Hall–Kier alpha value is -2.17. The minimum atomic E-state index is -0.243. The molecule has 2 aromatic rings. The summed E-state index contributed by atoms with van der Waals surface area (Å²) in [6, 6.07) is 5.41. The van der Waals surface area contributed by atoms with E-state index in [-0.39, 0.29) is 11.5 Å². The van der Waals surface area contributed by atoms with E-state index in [1.807, 2.05) is 0 Å². The maximum absolute atomic E-state index is 11.8. The van der Waals surface area contributed by atoms with Gasteiger partial charge in [0.1, 0.15) is 0 Å². The van der Waals surface area contributed by atoms with Crippen LogP contribution in [0.3, 0.4) is 0 Å². The number of aromatic nitrogens is 2. The van der Waals surface area contributed by atoms with E-state index in [1.54, 1.807) is 18.2 Å². The number of nitrogens with zero attached hydrogens (tertiary/aromatic N) is 1. The summed E-state index contributed by atoms with van der Waals surface area (Å²) < 4.78 is 0. The molecule has 1 amide bonds. The molecule has 0 bridgehead atoms. The third-order valence-corrected chi connectivity index (χ3v) is 2.75. The molecule has 86 valence electrons. The molecule has 5 nitrogen and oxygen atoms in total. The van der Waals surface area contributed by atoms with Crippen LogP contribution < -0.4 is 10.9 Å². The lowest BCUT2D eigenvalue weighted by Gasteiger charge is -2.03. The van der Waals surface area contributed by atoms with Gasteiger partial charge in [0.15, 0.2) is 0 Å². The molecule has 1 aliphatic rings. The molecule has 0 aliphatic heterocycles. The van der Waals surface area contributed by atoms with Crippen molar-refractivity contribution in [3.63, 3.8) is 0 Å². The number of hydrogen-bond donors (Lipinski definition) is 2. The second kappa shape index (κ2) is 3.69. The minimum absolute atomic E-state index is 0.0811. The van der Waals surface area contributed by atoms with Crippen molar-refractivity contribution in [2.45, 2.75) is 18.9 Å². The van der Waals surface area contributed by atoms with E-state index in [9.17, 15) is 9.59 Å². The predicted molar refractivity (Wildman–Crippen MR) is 62.9 cm³/mol. The van der Waals surface area contributed by atoms with Gasteiger partial charge < -0.3 is 10.3 Å². The molecule has 1 fully saturated rings. The van der Waals surface area contributed by atoms with Gasteiger partial charge in [0.25, 0.3) is 11.5 Å². The average Bonchev–Trinajstić information content (AvgIpc) is 3.12. The fourth-order valence-corrected chi connectivity index (χ4v) is 1.67. The molecule has 1 saturated carbocycles. The molecule has 1 aromatic heterocycles. The highest BCUT2D eigenvalue weighted by Crippen LogP contribution is 2.19. The Morgan fingerprint density at radius 1 is 1.41 bits per heavy atom. The van der Waals surface area contributed by atoms with E-state index in [0.717, 1.165) is 12.8 Å². The SMILES string of the molecule is O=C(NC1CC1)c1ccc2[nH]c(=O)cnc2c1. The van der Waals surface area contributed by atoms with Crippen LogP contribution >= 0.6 is 0 Å². The molecule has 2 N–H and O–H groups in total. The van der Waals surface area contributed by atoms with Gasteiger partial charge in [-0.05, 0) is 31.0 Å². The largest absolute Gasteiger partial charge is 0.349 e. The Labute approximate surface area is 96.9 Å². The third kappa shape index (κ3) is 2.04. The van der Waals surface area contributed by atoms with Gasteiger partial charge in [0.05, 0.1) is 17.2 Å². The van der Waals surface area contributed by atoms with Crippen LogP contribution in [0.2, 0.25) is 0 Å². The zero-order valence-electron chi connectivity index (χ0n) is 9.06. The highest BCUT2D eigenvalue weighted by molar-refractivity contribution is 5.97. The van der Waals surface area contributed by atoms with Gasteiger partial charge in [-0.1, -0.05) is 0 Å². The zero-order valence-corrected chi connectivity index (χ0v) is 9.06. The number of rotatable bonds is 2. The molecule has 3 rings (SSSR count).